The van der Waals surface area contributed by atoms with Crippen LogP contribution in [-0.2, 0) is 14.8 Å². The van der Waals surface area contributed by atoms with Crippen LogP contribution in [0.5, 0.6) is 0 Å². The summed E-state index contributed by atoms with van der Waals surface area (Å²) >= 11 is 6.06. The number of H-pyrrole nitrogens is 1. The van der Waals surface area contributed by atoms with Crippen molar-refractivity contribution >= 4 is 27.4 Å². The molecule has 1 aliphatic heterocycles. The number of nitrogens with zero attached hydrogens (tertiary/aromatic N) is 4. The van der Waals surface area contributed by atoms with E-state index in [-0.39, 0.29) is 35.0 Å². The molecule has 0 radical (unpaired) electrons. The van der Waals surface area contributed by atoms with Gasteiger partial charge in [0, 0.05) is 19.6 Å². The van der Waals surface area contributed by atoms with Crippen molar-refractivity contribution in [1.82, 2.24) is 19.5 Å². The molecule has 0 spiro atoms. The summed E-state index contributed by atoms with van der Waals surface area (Å²) in [5.74, 6) is -2.12. The first-order chi connectivity index (χ1) is 16.6. The van der Waals surface area contributed by atoms with Gasteiger partial charge in [-0.05, 0) is 48.7 Å². The molecular weight excluding hydrogens is 501 g/mol. The molecule has 1 N–H and O–H groups in total. The predicted octanol–water partition coefficient (Wildman–Crippen LogP) is 3.13. The van der Waals surface area contributed by atoms with Crippen molar-refractivity contribution in [2.24, 2.45) is 0 Å². The fourth-order valence-electron chi connectivity index (χ4n) is 4.37. The molecule has 3 aromatic rings. The third kappa shape index (κ3) is 4.58. The molecule has 1 aliphatic rings. The Morgan fingerprint density at radius 2 is 2.03 bits per heavy atom. The van der Waals surface area contributed by atoms with Gasteiger partial charge >= 0.3 is 5.76 Å². The molecule has 4 rings (SSSR count). The second-order valence-electron chi connectivity index (χ2n) is 8.33. The molecule has 0 bridgehead atoms. The van der Waals surface area contributed by atoms with Crippen molar-refractivity contribution in [3.63, 3.8) is 0 Å². The van der Waals surface area contributed by atoms with Crippen LogP contribution in [0.1, 0.15) is 41.5 Å². The lowest BCUT2D eigenvalue weighted by molar-refractivity contribution is 0.193. The summed E-state index contributed by atoms with van der Waals surface area (Å²) in [5, 5.41) is 6.25. The van der Waals surface area contributed by atoms with E-state index in [1.54, 1.807) is 24.8 Å². The number of aromatic nitrogens is 3. The van der Waals surface area contributed by atoms with E-state index in [1.165, 1.54) is 25.3 Å². The minimum absolute atomic E-state index is 0.0826. The molecule has 188 valence electrons. The molecule has 0 saturated heterocycles. The molecule has 13 heteroatoms. The number of sulfonamides is 1. The largest absolute Gasteiger partial charge is 0.434 e. The smallest absolute Gasteiger partial charge is 0.391 e. The minimum atomic E-state index is -4.19. The molecule has 0 fully saturated rings. The van der Waals surface area contributed by atoms with E-state index < -0.39 is 33.6 Å². The van der Waals surface area contributed by atoms with Gasteiger partial charge in [0.1, 0.15) is 21.9 Å². The van der Waals surface area contributed by atoms with E-state index in [0.29, 0.717) is 17.7 Å². The molecule has 2 atom stereocenters. The number of aromatic amines is 1. The summed E-state index contributed by atoms with van der Waals surface area (Å²) in [6.07, 6.45) is 0. The average Bonchev–Trinajstić information content (AvgIpc) is 3.23. The Kier molecular flexibility index (Phi) is 7.00. The maximum atomic E-state index is 15.1. The van der Waals surface area contributed by atoms with Gasteiger partial charge in [-0.1, -0.05) is 24.6 Å². The molecule has 1 aromatic carbocycles. The minimum Gasteiger partial charge on any atom is -0.391 e. The van der Waals surface area contributed by atoms with Crippen LogP contribution in [0, 0.1) is 19.7 Å². The summed E-state index contributed by atoms with van der Waals surface area (Å²) in [7, 11) is -2.67. The number of rotatable bonds is 7. The molecule has 0 aliphatic carbocycles. The highest BCUT2D eigenvalue weighted by Gasteiger charge is 2.46. The van der Waals surface area contributed by atoms with Crippen LogP contribution in [0.3, 0.4) is 0 Å². The van der Waals surface area contributed by atoms with E-state index in [4.69, 9.17) is 20.8 Å². The van der Waals surface area contributed by atoms with E-state index in [0.717, 1.165) is 9.87 Å². The fraction of sp³-hybridized carbons (Fsp3) is 0.409. The van der Waals surface area contributed by atoms with Crippen LogP contribution >= 0.6 is 11.6 Å². The van der Waals surface area contributed by atoms with Crippen molar-refractivity contribution in [2.75, 3.05) is 31.8 Å². The Labute approximate surface area is 206 Å². The molecule has 3 heterocycles. The Morgan fingerprint density at radius 1 is 1.29 bits per heavy atom. The molecule has 2 aromatic heterocycles. The standard InChI is InChI=1S/C22H25ClFN5O5S/c1-12-5-6-15(24)18(13(12)2)14(3)19(21-26-27-22(30)34-21)29-11-28(9-10-33-4)20-16(35(29,31)32)7-8-17(23)25-20/h5-8,14,19H,9-11H2,1-4H3,(H,27,30)/t14-,19+/m1/s1. The number of hydrogen-bond donors (Lipinski definition) is 1. The molecule has 35 heavy (non-hydrogen) atoms. The Bertz CT molecular complexity index is 1410. The van der Waals surface area contributed by atoms with E-state index in [1.807, 2.05) is 6.92 Å². The van der Waals surface area contributed by atoms with E-state index >= 15 is 4.39 Å². The van der Waals surface area contributed by atoms with Gasteiger partial charge in [-0.15, -0.1) is 5.10 Å². The second kappa shape index (κ2) is 9.69. The van der Waals surface area contributed by atoms with Gasteiger partial charge in [-0.2, -0.15) is 4.31 Å². The van der Waals surface area contributed by atoms with Crippen molar-refractivity contribution in [1.29, 1.82) is 0 Å². The number of benzene rings is 1. The highest BCUT2D eigenvalue weighted by Crippen LogP contribution is 2.44. The predicted molar refractivity (Wildman–Crippen MR) is 127 cm³/mol. The van der Waals surface area contributed by atoms with Crippen molar-refractivity contribution in [3.8, 4) is 0 Å². The van der Waals surface area contributed by atoms with Crippen molar-refractivity contribution < 1.29 is 22.0 Å². The highest BCUT2D eigenvalue weighted by molar-refractivity contribution is 7.89. The summed E-state index contributed by atoms with van der Waals surface area (Å²) in [6.45, 7) is 5.68. The maximum absolute atomic E-state index is 15.1. The van der Waals surface area contributed by atoms with Crippen LogP contribution in [0.2, 0.25) is 5.15 Å². The number of methoxy groups -OCH3 is 1. The topological polar surface area (TPSA) is 122 Å². The third-order valence-corrected chi connectivity index (χ3v) is 8.29. The number of pyridine rings is 1. The molecular formula is C22H25ClFN5O5S. The Balaban J connectivity index is 1.92. The van der Waals surface area contributed by atoms with Crippen LogP contribution in [0.4, 0.5) is 10.2 Å². The quantitative estimate of drug-likeness (QED) is 0.467. The Hall–Kier alpha value is -2.80. The number of ether oxygens (including phenoxy) is 1. The van der Waals surface area contributed by atoms with Crippen LogP contribution in [-0.4, -0.2) is 54.8 Å². The van der Waals surface area contributed by atoms with Gasteiger partial charge in [0.15, 0.2) is 5.82 Å². The van der Waals surface area contributed by atoms with Crippen LogP contribution < -0.4 is 10.7 Å². The summed E-state index contributed by atoms with van der Waals surface area (Å²) in [4.78, 5) is 17.7. The van der Waals surface area contributed by atoms with Gasteiger partial charge in [0.2, 0.25) is 15.9 Å². The normalized spacial score (nSPS) is 17.3. The van der Waals surface area contributed by atoms with E-state index in [2.05, 4.69) is 15.2 Å². The monoisotopic (exact) mass is 525 g/mol. The van der Waals surface area contributed by atoms with Crippen molar-refractivity contribution in [2.45, 2.75) is 37.6 Å². The van der Waals surface area contributed by atoms with Gasteiger partial charge in [0.05, 0.1) is 13.3 Å². The first-order valence-electron chi connectivity index (χ1n) is 10.8. The molecule has 0 unspecified atom stereocenters. The van der Waals surface area contributed by atoms with Crippen LogP contribution in [0.15, 0.2) is 38.4 Å². The summed E-state index contributed by atoms with van der Waals surface area (Å²) < 4.78 is 54.4. The van der Waals surface area contributed by atoms with Gasteiger partial charge in [-0.3, -0.25) is 0 Å². The number of aryl methyl sites for hydroxylation is 1. The lowest BCUT2D eigenvalue weighted by Crippen LogP contribution is -2.50. The number of halogens is 2. The first-order valence-corrected chi connectivity index (χ1v) is 12.6. The lowest BCUT2D eigenvalue weighted by Gasteiger charge is -2.41. The second-order valence-corrected chi connectivity index (χ2v) is 10.6. The zero-order valence-electron chi connectivity index (χ0n) is 19.6. The third-order valence-electron chi connectivity index (χ3n) is 6.25. The first kappa shape index (κ1) is 25.3. The average molecular weight is 526 g/mol. The number of fused-ring (bicyclic) bond motifs is 1. The number of nitrogens with one attached hydrogen (secondary N) is 1. The van der Waals surface area contributed by atoms with Crippen LogP contribution in [0.25, 0.3) is 0 Å². The molecule has 0 saturated carbocycles. The highest BCUT2D eigenvalue weighted by atomic mass is 35.5. The van der Waals surface area contributed by atoms with Gasteiger partial charge < -0.3 is 14.1 Å². The zero-order valence-corrected chi connectivity index (χ0v) is 21.2. The van der Waals surface area contributed by atoms with Gasteiger partial charge in [-0.25, -0.2) is 27.7 Å². The SMILES string of the molecule is COCCN1CN([C@H](c2n[nH]c(=O)o2)[C@H](C)c2c(F)ccc(C)c2C)S(=O)(=O)c2ccc(Cl)nc21. The number of anilines is 1. The summed E-state index contributed by atoms with van der Waals surface area (Å²) in [5.41, 5.74) is 1.81. The molecule has 0 amide bonds. The zero-order chi connectivity index (χ0) is 25.5. The molecule has 10 nitrogen and oxygen atoms in total. The van der Waals surface area contributed by atoms with E-state index in [9.17, 15) is 13.2 Å². The van der Waals surface area contributed by atoms with Crippen molar-refractivity contribution in [3.05, 3.63) is 68.4 Å². The van der Waals surface area contributed by atoms with Gasteiger partial charge in [0.25, 0.3) is 0 Å². The Morgan fingerprint density at radius 3 is 2.69 bits per heavy atom. The lowest BCUT2D eigenvalue weighted by atomic mass is 9.87. The maximum Gasteiger partial charge on any atom is 0.434 e. The number of hydrogen-bond acceptors (Lipinski definition) is 8. The fourth-order valence-corrected chi connectivity index (χ4v) is 6.27. The summed E-state index contributed by atoms with van der Waals surface area (Å²) in [6, 6.07) is 4.59.